The van der Waals surface area contributed by atoms with Crippen LogP contribution < -0.4 is 15.5 Å². The van der Waals surface area contributed by atoms with Gasteiger partial charge >= 0.3 is 0 Å². The van der Waals surface area contributed by atoms with Gasteiger partial charge in [0.25, 0.3) is 0 Å². The summed E-state index contributed by atoms with van der Waals surface area (Å²) in [6, 6.07) is 12.3. The van der Waals surface area contributed by atoms with Crippen molar-refractivity contribution in [2.45, 2.75) is 19.9 Å². The zero-order valence-corrected chi connectivity index (χ0v) is 14.4. The average Bonchev–Trinajstić information content (AvgIpc) is 2.99. The van der Waals surface area contributed by atoms with E-state index < -0.39 is 6.04 Å². The molecule has 1 aliphatic heterocycles. The fraction of sp³-hybridized carbons (Fsp3) is 0.211. The highest BCUT2D eigenvalue weighted by Gasteiger charge is 2.29. The summed E-state index contributed by atoms with van der Waals surface area (Å²) in [7, 11) is 0. The van der Waals surface area contributed by atoms with Gasteiger partial charge in [-0.3, -0.25) is 14.5 Å². The summed E-state index contributed by atoms with van der Waals surface area (Å²) in [5.74, 6) is 0.213. The molecule has 4 rings (SSSR count). The van der Waals surface area contributed by atoms with Gasteiger partial charge in [0, 0.05) is 12.6 Å². The van der Waals surface area contributed by atoms with Crippen LogP contribution >= 0.6 is 0 Å². The molecular formula is C19H18N4O3. The summed E-state index contributed by atoms with van der Waals surface area (Å²) in [6.45, 7) is 3.57. The molecule has 1 aromatic heterocycles. The van der Waals surface area contributed by atoms with Crippen LogP contribution in [0.4, 0.5) is 17.1 Å². The number of nitrogens with zero attached hydrogens (tertiary/aromatic N) is 2. The quantitative estimate of drug-likeness (QED) is 0.758. The second-order valence-corrected chi connectivity index (χ2v) is 6.27. The number of oxazole rings is 1. The monoisotopic (exact) mass is 350 g/mol. The number of rotatable bonds is 3. The van der Waals surface area contributed by atoms with E-state index in [1.54, 1.807) is 19.9 Å². The van der Waals surface area contributed by atoms with Crippen LogP contribution in [0.15, 0.2) is 46.9 Å². The molecule has 0 saturated heterocycles. The SMILES string of the molecule is Cc1nc2cc(NC(C)C(=O)N3CC(=O)Nc4ccccc43)ccc2o1. The first kappa shape index (κ1) is 16.1. The lowest BCUT2D eigenvalue weighted by molar-refractivity contribution is -0.122. The minimum Gasteiger partial charge on any atom is -0.441 e. The number of benzene rings is 2. The molecule has 1 atom stereocenters. The molecule has 1 aliphatic rings. The van der Waals surface area contributed by atoms with E-state index in [1.807, 2.05) is 36.4 Å². The van der Waals surface area contributed by atoms with Gasteiger partial charge in [0.2, 0.25) is 11.8 Å². The Morgan fingerprint density at radius 3 is 2.96 bits per heavy atom. The molecule has 2 heterocycles. The second-order valence-electron chi connectivity index (χ2n) is 6.27. The Morgan fingerprint density at radius 1 is 1.31 bits per heavy atom. The molecule has 0 radical (unpaired) electrons. The Morgan fingerprint density at radius 2 is 2.12 bits per heavy atom. The van der Waals surface area contributed by atoms with Gasteiger partial charge in [-0.15, -0.1) is 0 Å². The number of aryl methyl sites for hydroxylation is 1. The molecular weight excluding hydrogens is 332 g/mol. The van der Waals surface area contributed by atoms with Crippen LogP contribution in [0.5, 0.6) is 0 Å². The Balaban J connectivity index is 1.56. The van der Waals surface area contributed by atoms with E-state index in [-0.39, 0.29) is 18.4 Å². The zero-order valence-electron chi connectivity index (χ0n) is 14.4. The maximum Gasteiger partial charge on any atom is 0.249 e. The van der Waals surface area contributed by atoms with Crippen molar-refractivity contribution in [3.63, 3.8) is 0 Å². The van der Waals surface area contributed by atoms with Crippen molar-refractivity contribution >= 4 is 40.0 Å². The lowest BCUT2D eigenvalue weighted by Crippen LogP contribution is -2.47. The highest BCUT2D eigenvalue weighted by atomic mass is 16.3. The Labute approximate surface area is 150 Å². The molecule has 0 saturated carbocycles. The fourth-order valence-electron chi connectivity index (χ4n) is 3.11. The van der Waals surface area contributed by atoms with Crippen LogP contribution in [0.1, 0.15) is 12.8 Å². The standard InChI is InChI=1S/C19H18N4O3/c1-11(20-13-7-8-17-15(9-13)21-12(2)26-17)19(25)23-10-18(24)22-14-5-3-4-6-16(14)23/h3-9,11,20H,10H2,1-2H3,(H,22,24). The zero-order chi connectivity index (χ0) is 18.3. The number of carbonyl (C=O) groups excluding carboxylic acids is 2. The third kappa shape index (κ3) is 2.88. The van der Waals surface area contributed by atoms with Crippen molar-refractivity contribution in [3.05, 3.63) is 48.4 Å². The molecule has 0 fully saturated rings. The lowest BCUT2D eigenvalue weighted by atomic mass is 10.1. The van der Waals surface area contributed by atoms with E-state index in [1.165, 1.54) is 4.90 Å². The van der Waals surface area contributed by atoms with E-state index in [2.05, 4.69) is 15.6 Å². The van der Waals surface area contributed by atoms with Crippen molar-refractivity contribution in [1.29, 1.82) is 0 Å². The molecule has 0 bridgehead atoms. The van der Waals surface area contributed by atoms with Crippen molar-refractivity contribution < 1.29 is 14.0 Å². The molecule has 3 aromatic rings. The molecule has 2 aromatic carbocycles. The van der Waals surface area contributed by atoms with Crippen LogP contribution in [-0.2, 0) is 9.59 Å². The number of hydrogen-bond acceptors (Lipinski definition) is 5. The summed E-state index contributed by atoms with van der Waals surface area (Å²) >= 11 is 0. The van der Waals surface area contributed by atoms with Crippen molar-refractivity contribution in [2.24, 2.45) is 0 Å². The molecule has 0 aliphatic carbocycles. The number of nitrogens with one attached hydrogen (secondary N) is 2. The summed E-state index contributed by atoms with van der Waals surface area (Å²) in [6.07, 6.45) is 0. The van der Waals surface area contributed by atoms with E-state index in [4.69, 9.17) is 4.42 Å². The predicted octanol–water partition coefficient (Wildman–Crippen LogP) is 2.92. The van der Waals surface area contributed by atoms with Crippen LogP contribution in [0, 0.1) is 6.92 Å². The first-order valence-electron chi connectivity index (χ1n) is 8.35. The Bertz CT molecular complexity index is 1010. The molecule has 7 heteroatoms. The number of para-hydroxylation sites is 2. The highest BCUT2D eigenvalue weighted by molar-refractivity contribution is 6.11. The molecule has 7 nitrogen and oxygen atoms in total. The smallest absolute Gasteiger partial charge is 0.249 e. The van der Waals surface area contributed by atoms with Gasteiger partial charge in [-0.2, -0.15) is 0 Å². The van der Waals surface area contributed by atoms with Gasteiger partial charge < -0.3 is 15.1 Å². The molecule has 132 valence electrons. The molecule has 2 amide bonds. The lowest BCUT2D eigenvalue weighted by Gasteiger charge is -2.31. The maximum atomic E-state index is 12.9. The van der Waals surface area contributed by atoms with E-state index in [0.29, 0.717) is 22.8 Å². The second kappa shape index (κ2) is 6.18. The summed E-state index contributed by atoms with van der Waals surface area (Å²) in [4.78, 5) is 30.7. The van der Waals surface area contributed by atoms with Gasteiger partial charge in [0.15, 0.2) is 11.5 Å². The van der Waals surface area contributed by atoms with E-state index in [0.717, 1.165) is 11.2 Å². The Kier molecular flexibility index (Phi) is 3.84. The normalized spacial score (nSPS) is 14.7. The largest absolute Gasteiger partial charge is 0.441 e. The third-order valence-electron chi connectivity index (χ3n) is 4.28. The molecule has 2 N–H and O–H groups in total. The minimum atomic E-state index is -0.514. The van der Waals surface area contributed by atoms with Crippen LogP contribution in [0.25, 0.3) is 11.1 Å². The number of anilines is 3. The molecule has 26 heavy (non-hydrogen) atoms. The molecule has 1 unspecified atom stereocenters. The fourth-order valence-corrected chi connectivity index (χ4v) is 3.11. The maximum absolute atomic E-state index is 12.9. The first-order valence-corrected chi connectivity index (χ1v) is 8.35. The van der Waals surface area contributed by atoms with Crippen molar-refractivity contribution in [1.82, 2.24) is 4.98 Å². The van der Waals surface area contributed by atoms with Crippen LogP contribution in [0.2, 0.25) is 0 Å². The van der Waals surface area contributed by atoms with Crippen molar-refractivity contribution in [3.8, 4) is 0 Å². The third-order valence-corrected chi connectivity index (χ3v) is 4.28. The van der Waals surface area contributed by atoms with E-state index in [9.17, 15) is 9.59 Å². The van der Waals surface area contributed by atoms with Gasteiger partial charge in [0.1, 0.15) is 18.1 Å². The van der Waals surface area contributed by atoms with Crippen molar-refractivity contribution in [2.75, 3.05) is 22.1 Å². The first-order chi connectivity index (χ1) is 12.5. The van der Waals surface area contributed by atoms with Gasteiger partial charge in [-0.25, -0.2) is 4.98 Å². The van der Waals surface area contributed by atoms with Crippen LogP contribution in [-0.4, -0.2) is 29.4 Å². The van der Waals surface area contributed by atoms with Gasteiger partial charge in [-0.1, -0.05) is 12.1 Å². The Hall–Kier alpha value is -3.35. The topological polar surface area (TPSA) is 87.5 Å². The van der Waals surface area contributed by atoms with Crippen LogP contribution in [0.3, 0.4) is 0 Å². The number of aromatic nitrogens is 1. The number of amides is 2. The predicted molar refractivity (Wildman–Crippen MR) is 99.3 cm³/mol. The van der Waals surface area contributed by atoms with Gasteiger partial charge in [0.05, 0.1) is 11.4 Å². The minimum absolute atomic E-state index is 0.00336. The number of hydrogen-bond donors (Lipinski definition) is 2. The van der Waals surface area contributed by atoms with Gasteiger partial charge in [-0.05, 0) is 37.3 Å². The summed E-state index contributed by atoms with van der Waals surface area (Å²) < 4.78 is 5.46. The average molecular weight is 350 g/mol. The molecule has 0 spiro atoms. The number of fused-ring (bicyclic) bond motifs is 2. The summed E-state index contributed by atoms with van der Waals surface area (Å²) in [5.41, 5.74) is 3.54. The number of carbonyl (C=O) groups is 2. The van der Waals surface area contributed by atoms with E-state index >= 15 is 0 Å². The summed E-state index contributed by atoms with van der Waals surface area (Å²) in [5, 5.41) is 5.97. The highest BCUT2D eigenvalue weighted by Crippen LogP contribution is 2.29.